The number of carbonyl (C=O) groups excluding carboxylic acids is 1. The molecule has 1 heterocycles. The molecule has 2 N–H and O–H groups in total. The minimum atomic E-state index is -0.0206. The van der Waals surface area contributed by atoms with Crippen LogP contribution in [0.1, 0.15) is 10.4 Å². The van der Waals surface area contributed by atoms with E-state index in [1.54, 1.807) is 11.3 Å². The molecule has 0 aliphatic rings. The standard InChI is InChI=1S/C16H20N2O2S/c19-9-8-18(12-14-5-2-1-3-6-14)13-16(20)17-11-15-7-4-10-21-15/h1-7,10,19H,8-9,11-13H2,(H,17,20). The van der Waals surface area contributed by atoms with Gasteiger partial charge in [0.2, 0.25) is 5.91 Å². The Balaban J connectivity index is 1.82. The van der Waals surface area contributed by atoms with Crippen molar-refractivity contribution in [3.05, 3.63) is 58.3 Å². The van der Waals surface area contributed by atoms with Gasteiger partial charge < -0.3 is 10.4 Å². The van der Waals surface area contributed by atoms with Gasteiger partial charge in [0.15, 0.2) is 0 Å². The molecule has 0 spiro atoms. The molecule has 0 aliphatic carbocycles. The second kappa shape index (κ2) is 8.56. The van der Waals surface area contributed by atoms with Crippen molar-refractivity contribution in [1.82, 2.24) is 10.2 Å². The highest BCUT2D eigenvalue weighted by Crippen LogP contribution is 2.07. The van der Waals surface area contributed by atoms with Gasteiger partial charge in [-0.3, -0.25) is 9.69 Å². The predicted molar refractivity (Wildman–Crippen MR) is 85.0 cm³/mol. The Bertz CT molecular complexity index is 528. The van der Waals surface area contributed by atoms with Crippen molar-refractivity contribution in [3.63, 3.8) is 0 Å². The van der Waals surface area contributed by atoms with Gasteiger partial charge in [-0.1, -0.05) is 36.4 Å². The van der Waals surface area contributed by atoms with Gasteiger partial charge in [-0.25, -0.2) is 0 Å². The van der Waals surface area contributed by atoms with Crippen LogP contribution in [-0.4, -0.2) is 35.6 Å². The lowest BCUT2D eigenvalue weighted by atomic mass is 10.2. The Morgan fingerprint density at radius 2 is 2.00 bits per heavy atom. The quantitative estimate of drug-likeness (QED) is 0.783. The van der Waals surface area contributed by atoms with Crippen LogP contribution in [0.15, 0.2) is 47.8 Å². The lowest BCUT2D eigenvalue weighted by molar-refractivity contribution is -0.122. The summed E-state index contributed by atoms with van der Waals surface area (Å²) in [6.07, 6.45) is 0. The molecule has 5 heteroatoms. The fraction of sp³-hybridized carbons (Fsp3) is 0.312. The Kier molecular flexibility index (Phi) is 6.40. The van der Waals surface area contributed by atoms with Gasteiger partial charge in [-0.05, 0) is 17.0 Å². The molecule has 1 aromatic carbocycles. The molecule has 0 bridgehead atoms. The average Bonchev–Trinajstić information content (AvgIpc) is 3.00. The number of carbonyl (C=O) groups is 1. The van der Waals surface area contributed by atoms with E-state index >= 15 is 0 Å². The van der Waals surface area contributed by atoms with Crippen molar-refractivity contribution in [2.45, 2.75) is 13.1 Å². The maximum absolute atomic E-state index is 12.0. The third kappa shape index (κ3) is 5.67. The first-order valence-corrected chi connectivity index (χ1v) is 7.82. The molecule has 112 valence electrons. The molecule has 0 saturated heterocycles. The number of aliphatic hydroxyl groups is 1. The fourth-order valence-electron chi connectivity index (χ4n) is 2.05. The van der Waals surface area contributed by atoms with Crippen molar-refractivity contribution in [2.75, 3.05) is 19.7 Å². The maximum atomic E-state index is 12.0. The Labute approximate surface area is 129 Å². The first kappa shape index (κ1) is 15.7. The van der Waals surface area contributed by atoms with Crippen LogP contribution in [0, 0.1) is 0 Å². The summed E-state index contributed by atoms with van der Waals surface area (Å²) in [5.41, 5.74) is 1.14. The summed E-state index contributed by atoms with van der Waals surface area (Å²) in [6.45, 7) is 2.05. The summed E-state index contributed by atoms with van der Waals surface area (Å²) in [5, 5.41) is 14.0. The van der Waals surface area contributed by atoms with Crippen LogP contribution in [0.5, 0.6) is 0 Å². The third-order valence-corrected chi connectivity index (χ3v) is 3.95. The largest absolute Gasteiger partial charge is 0.395 e. The van der Waals surface area contributed by atoms with Crippen LogP contribution >= 0.6 is 11.3 Å². The number of amides is 1. The van der Waals surface area contributed by atoms with Crippen molar-refractivity contribution < 1.29 is 9.90 Å². The van der Waals surface area contributed by atoms with Crippen LogP contribution in [-0.2, 0) is 17.9 Å². The molecule has 0 fully saturated rings. The van der Waals surface area contributed by atoms with Crippen LogP contribution in [0.3, 0.4) is 0 Å². The molecule has 0 atom stereocenters. The van der Waals surface area contributed by atoms with Crippen LogP contribution in [0.25, 0.3) is 0 Å². The summed E-state index contributed by atoms with van der Waals surface area (Å²) in [4.78, 5) is 15.1. The van der Waals surface area contributed by atoms with E-state index in [9.17, 15) is 4.79 Å². The summed E-state index contributed by atoms with van der Waals surface area (Å²) in [7, 11) is 0. The molecule has 2 rings (SSSR count). The SMILES string of the molecule is O=C(CN(CCO)Cc1ccccc1)NCc1cccs1. The molecular weight excluding hydrogens is 284 g/mol. The van der Waals surface area contributed by atoms with Gasteiger partial charge in [-0.2, -0.15) is 0 Å². The highest BCUT2D eigenvalue weighted by molar-refractivity contribution is 7.09. The molecular formula is C16H20N2O2S. The summed E-state index contributed by atoms with van der Waals surface area (Å²) >= 11 is 1.63. The highest BCUT2D eigenvalue weighted by Gasteiger charge is 2.10. The number of hydrogen-bond acceptors (Lipinski definition) is 4. The smallest absolute Gasteiger partial charge is 0.234 e. The normalized spacial score (nSPS) is 10.8. The monoisotopic (exact) mass is 304 g/mol. The summed E-state index contributed by atoms with van der Waals surface area (Å²) < 4.78 is 0. The summed E-state index contributed by atoms with van der Waals surface area (Å²) in [5.74, 6) is -0.0206. The number of aliphatic hydroxyl groups excluding tert-OH is 1. The molecule has 1 amide bonds. The second-order valence-corrected chi connectivity index (χ2v) is 5.81. The van der Waals surface area contributed by atoms with Crippen LogP contribution < -0.4 is 5.32 Å². The zero-order valence-corrected chi connectivity index (χ0v) is 12.7. The lowest BCUT2D eigenvalue weighted by Gasteiger charge is -2.20. The number of rotatable bonds is 8. The topological polar surface area (TPSA) is 52.6 Å². The molecule has 21 heavy (non-hydrogen) atoms. The van der Waals surface area contributed by atoms with Gasteiger partial charge in [0.25, 0.3) is 0 Å². The first-order chi connectivity index (χ1) is 10.3. The molecule has 4 nitrogen and oxygen atoms in total. The van der Waals surface area contributed by atoms with E-state index in [0.717, 1.165) is 10.4 Å². The zero-order valence-electron chi connectivity index (χ0n) is 11.9. The highest BCUT2D eigenvalue weighted by atomic mass is 32.1. The lowest BCUT2D eigenvalue weighted by Crippen LogP contribution is -2.37. The molecule has 0 radical (unpaired) electrons. The number of hydrogen-bond donors (Lipinski definition) is 2. The minimum absolute atomic E-state index is 0.0206. The van der Waals surface area contributed by atoms with Crippen molar-refractivity contribution in [2.24, 2.45) is 0 Å². The van der Waals surface area contributed by atoms with Crippen molar-refractivity contribution in [1.29, 1.82) is 0 Å². The van der Waals surface area contributed by atoms with E-state index < -0.39 is 0 Å². The van der Waals surface area contributed by atoms with Crippen LogP contribution in [0.2, 0.25) is 0 Å². The second-order valence-electron chi connectivity index (χ2n) is 4.78. The molecule has 2 aromatic rings. The summed E-state index contributed by atoms with van der Waals surface area (Å²) in [6, 6.07) is 13.9. The van der Waals surface area contributed by atoms with E-state index in [1.807, 2.05) is 52.7 Å². The molecule has 0 aliphatic heterocycles. The number of benzene rings is 1. The first-order valence-electron chi connectivity index (χ1n) is 6.94. The number of nitrogens with zero attached hydrogens (tertiary/aromatic N) is 1. The molecule has 0 unspecified atom stereocenters. The average molecular weight is 304 g/mol. The van der Waals surface area contributed by atoms with Gasteiger partial charge in [0, 0.05) is 18.0 Å². The van der Waals surface area contributed by atoms with E-state index in [1.165, 1.54) is 0 Å². The zero-order chi connectivity index (χ0) is 14.9. The number of nitrogens with one attached hydrogen (secondary N) is 1. The van der Waals surface area contributed by atoms with E-state index in [4.69, 9.17) is 5.11 Å². The van der Waals surface area contributed by atoms with Gasteiger partial charge in [0.05, 0.1) is 19.7 Å². The minimum Gasteiger partial charge on any atom is -0.395 e. The van der Waals surface area contributed by atoms with E-state index in [2.05, 4.69) is 5.32 Å². The number of thiophene rings is 1. The Morgan fingerprint density at radius 1 is 1.19 bits per heavy atom. The maximum Gasteiger partial charge on any atom is 0.234 e. The predicted octanol–water partition coefficient (Wildman–Crippen LogP) is 1.86. The Hall–Kier alpha value is -1.69. The molecule has 0 saturated carbocycles. The Morgan fingerprint density at radius 3 is 2.67 bits per heavy atom. The van der Waals surface area contributed by atoms with E-state index in [0.29, 0.717) is 26.2 Å². The van der Waals surface area contributed by atoms with Gasteiger partial charge >= 0.3 is 0 Å². The van der Waals surface area contributed by atoms with Crippen molar-refractivity contribution >= 4 is 17.2 Å². The third-order valence-electron chi connectivity index (χ3n) is 3.07. The fourth-order valence-corrected chi connectivity index (χ4v) is 2.70. The van der Waals surface area contributed by atoms with Crippen LogP contribution in [0.4, 0.5) is 0 Å². The van der Waals surface area contributed by atoms with E-state index in [-0.39, 0.29) is 12.5 Å². The van der Waals surface area contributed by atoms with Gasteiger partial charge in [0.1, 0.15) is 0 Å². The van der Waals surface area contributed by atoms with Gasteiger partial charge in [-0.15, -0.1) is 11.3 Å². The van der Waals surface area contributed by atoms with Crippen molar-refractivity contribution in [3.8, 4) is 0 Å². The molecule has 1 aromatic heterocycles.